The van der Waals surface area contributed by atoms with Gasteiger partial charge in [0, 0.05) is 12.6 Å². The van der Waals surface area contributed by atoms with E-state index in [-0.39, 0.29) is 6.42 Å². The maximum atomic E-state index is 11.9. The number of phosphoric acid groups is 3. The van der Waals surface area contributed by atoms with Crippen molar-refractivity contribution in [1.82, 2.24) is 9.55 Å². The second-order valence-corrected chi connectivity index (χ2v) is 10.0. The van der Waals surface area contributed by atoms with Gasteiger partial charge < -0.3 is 49.3 Å². The second-order valence-electron chi connectivity index (χ2n) is 5.77. The van der Waals surface area contributed by atoms with Gasteiger partial charge in [0.1, 0.15) is 23.7 Å². The first kappa shape index (κ1) is 25.7. The Morgan fingerprint density at radius 2 is 1.87 bits per heavy atom. The Morgan fingerprint density at radius 1 is 1.26 bits per heavy atom. The van der Waals surface area contributed by atoms with Crippen molar-refractivity contribution in [1.29, 1.82) is 0 Å². The monoisotopic (exact) mass is 507 g/mol. The average molecular weight is 507 g/mol. The van der Waals surface area contributed by atoms with Gasteiger partial charge in [-0.25, -0.2) is 13.9 Å². The molecule has 1 saturated heterocycles. The van der Waals surface area contributed by atoms with E-state index >= 15 is 0 Å². The average Bonchev–Trinajstić information content (AvgIpc) is 2.90. The predicted molar refractivity (Wildman–Crippen MR) is 85.3 cm³/mol. The number of nitrogens with zero attached hydrogens (tertiary/aromatic N) is 2. The summed E-state index contributed by atoms with van der Waals surface area (Å²) < 4.78 is 49.2. The van der Waals surface area contributed by atoms with Crippen LogP contribution in [0.5, 0.6) is 0 Å². The molecule has 4 N–H and O–H groups in total. The molecule has 0 aliphatic carbocycles. The van der Waals surface area contributed by atoms with Crippen molar-refractivity contribution in [2.24, 2.45) is 0 Å². The zero-order chi connectivity index (χ0) is 23.8. The first-order chi connectivity index (χ1) is 14.0. The van der Waals surface area contributed by atoms with Crippen molar-refractivity contribution in [3.05, 3.63) is 22.2 Å². The molecule has 21 heteroatoms. The number of hydrogen-bond donors (Lipinski definition) is 3. The van der Waals surface area contributed by atoms with Gasteiger partial charge in [-0.2, -0.15) is 4.98 Å². The lowest BCUT2D eigenvalue weighted by Gasteiger charge is -2.37. The number of aliphatic hydroxyl groups is 1. The van der Waals surface area contributed by atoms with Crippen LogP contribution in [0.2, 0.25) is 0 Å². The first-order valence-corrected chi connectivity index (χ1v) is 12.0. The molecular formula is C10H12N3O15P3-4. The Labute approximate surface area is 171 Å². The molecule has 0 aromatic carbocycles. The third-order valence-corrected chi connectivity index (χ3v) is 7.19. The van der Waals surface area contributed by atoms with E-state index in [0.717, 1.165) is 6.20 Å². The molecule has 2 rings (SSSR count). The lowest BCUT2D eigenvalue weighted by Crippen LogP contribution is -2.30. The van der Waals surface area contributed by atoms with Crippen LogP contribution in [0.15, 0.2) is 11.0 Å². The number of rotatable bonds is 9. The fraction of sp³-hybridized carbons (Fsp3) is 0.500. The number of hydrogen-bond acceptors (Lipinski definition) is 16. The van der Waals surface area contributed by atoms with Gasteiger partial charge in [-0.1, -0.05) is 0 Å². The molecule has 18 nitrogen and oxygen atoms in total. The van der Waals surface area contributed by atoms with E-state index in [9.17, 15) is 48.0 Å². The fourth-order valence-electron chi connectivity index (χ4n) is 2.34. The highest BCUT2D eigenvalue weighted by Crippen LogP contribution is 2.60. The Kier molecular flexibility index (Phi) is 7.60. The Bertz CT molecular complexity index is 1050. The minimum atomic E-state index is -6.16. The van der Waals surface area contributed by atoms with Gasteiger partial charge in [-0.3, -0.25) is 18.0 Å². The summed E-state index contributed by atoms with van der Waals surface area (Å²) in [5.41, 5.74) is 3.71. The van der Waals surface area contributed by atoms with Gasteiger partial charge in [-0.15, -0.1) is 0 Å². The third-order valence-electron chi connectivity index (χ3n) is 3.52. The summed E-state index contributed by atoms with van der Waals surface area (Å²) in [6.45, 7) is -1.09. The molecule has 31 heavy (non-hydrogen) atoms. The molecule has 0 spiro atoms. The van der Waals surface area contributed by atoms with Crippen LogP contribution in [-0.2, 0) is 31.6 Å². The number of aromatic nitrogens is 2. The zero-order valence-corrected chi connectivity index (χ0v) is 17.4. The SMILES string of the molecule is Nc1nc(=O)n(C2CC(O)C(COP(=O)([O-])OP(=O)([O-])OP(=O)([O-])[O-])O2)cc1C(=O)O. The number of nitrogens with two attached hydrogens (primary N) is 1. The number of ether oxygens (including phenoxy) is 1. The minimum absolute atomic E-state index is 0.374. The Balaban J connectivity index is 2.07. The maximum Gasteiger partial charge on any atom is 0.351 e. The molecule has 1 aliphatic rings. The van der Waals surface area contributed by atoms with E-state index in [1.165, 1.54) is 0 Å². The van der Waals surface area contributed by atoms with Crippen molar-refractivity contribution in [2.75, 3.05) is 12.3 Å². The molecule has 0 radical (unpaired) electrons. The van der Waals surface area contributed by atoms with Gasteiger partial charge >= 0.3 is 11.7 Å². The number of carbonyl (C=O) groups is 1. The smallest absolute Gasteiger partial charge is 0.351 e. The molecule has 5 unspecified atom stereocenters. The fourth-order valence-corrected chi connectivity index (χ4v) is 5.20. The molecule has 0 saturated carbocycles. The van der Waals surface area contributed by atoms with Crippen molar-refractivity contribution >= 4 is 35.3 Å². The van der Waals surface area contributed by atoms with Crippen molar-refractivity contribution in [2.45, 2.75) is 24.9 Å². The second kappa shape index (κ2) is 9.15. The van der Waals surface area contributed by atoms with Crippen LogP contribution in [0.1, 0.15) is 23.0 Å². The topological polar surface area (TPSA) is 299 Å². The van der Waals surface area contributed by atoms with Gasteiger partial charge in [0.25, 0.3) is 15.6 Å². The number of phosphoric ester groups is 1. The van der Waals surface area contributed by atoms with Crippen molar-refractivity contribution < 1.29 is 66.2 Å². The summed E-state index contributed by atoms with van der Waals surface area (Å²) >= 11 is 0. The summed E-state index contributed by atoms with van der Waals surface area (Å²) in [5.74, 6) is -2.10. The van der Waals surface area contributed by atoms with E-state index in [2.05, 4.69) is 18.1 Å². The summed E-state index contributed by atoms with van der Waals surface area (Å²) in [6.07, 6.45) is -3.94. The van der Waals surface area contributed by atoms with Crippen LogP contribution in [0.4, 0.5) is 5.82 Å². The lowest BCUT2D eigenvalue weighted by molar-refractivity contribution is -0.339. The van der Waals surface area contributed by atoms with Crippen LogP contribution < -0.4 is 31.0 Å². The molecule has 176 valence electrons. The standard InChI is InChI=1S/C10H16N3O15P3/c11-8-4(9(15)16)2-13(10(17)12-8)7-1-5(14)6(26-7)3-25-30(21,22)28-31(23,24)27-29(18,19)20/h2,5-7,14H,1,3H2,(H,15,16)(H,21,22)(H,23,24)(H2,11,12,17)(H2,18,19,20)/p-4. The van der Waals surface area contributed by atoms with E-state index in [1.807, 2.05) is 0 Å². The summed E-state index contributed by atoms with van der Waals surface area (Å²) in [7, 11) is -18.1. The Morgan fingerprint density at radius 3 is 2.42 bits per heavy atom. The van der Waals surface area contributed by atoms with Crippen LogP contribution in [0.3, 0.4) is 0 Å². The molecule has 5 atom stereocenters. The molecule has 1 fully saturated rings. The molecular weight excluding hydrogens is 495 g/mol. The molecule has 0 bridgehead atoms. The number of carboxylic acids is 1. The number of carboxylic acid groups (broad SMARTS) is 1. The molecule has 1 aliphatic heterocycles. The number of aliphatic hydroxyl groups excluding tert-OH is 1. The maximum absolute atomic E-state index is 11.9. The lowest BCUT2D eigenvalue weighted by atomic mass is 10.2. The zero-order valence-electron chi connectivity index (χ0n) is 14.7. The molecule has 1 aromatic rings. The summed E-state index contributed by atoms with van der Waals surface area (Å²) in [5, 5.41) is 19.0. The summed E-state index contributed by atoms with van der Waals surface area (Å²) in [6, 6.07) is 0. The quantitative estimate of drug-likeness (QED) is 0.268. The van der Waals surface area contributed by atoms with Crippen LogP contribution in [0, 0.1) is 0 Å². The van der Waals surface area contributed by atoms with Crippen LogP contribution >= 0.6 is 23.5 Å². The summed E-state index contributed by atoms with van der Waals surface area (Å²) in [4.78, 5) is 69.4. The van der Waals surface area contributed by atoms with Gasteiger partial charge in [-0.05, 0) is 0 Å². The first-order valence-electron chi connectivity index (χ1n) is 7.66. The minimum Gasteiger partial charge on any atom is -0.790 e. The predicted octanol–water partition coefficient (Wildman–Crippen LogP) is -4.01. The highest BCUT2D eigenvalue weighted by atomic mass is 31.3. The number of nitrogen functional groups attached to an aromatic ring is 1. The van der Waals surface area contributed by atoms with E-state index < -0.39 is 71.6 Å². The van der Waals surface area contributed by atoms with E-state index in [0.29, 0.717) is 4.57 Å². The Hall–Kier alpha value is -1.52. The van der Waals surface area contributed by atoms with Gasteiger partial charge in [0.15, 0.2) is 0 Å². The molecule has 0 amide bonds. The van der Waals surface area contributed by atoms with Gasteiger partial charge in [0.2, 0.25) is 0 Å². The number of aromatic carboxylic acids is 1. The highest BCUT2D eigenvalue weighted by molar-refractivity contribution is 7.64. The molecule has 1 aromatic heterocycles. The van der Waals surface area contributed by atoms with Gasteiger partial charge in [0.05, 0.1) is 20.5 Å². The number of anilines is 1. The molecule has 2 heterocycles. The van der Waals surface area contributed by atoms with E-state index in [4.69, 9.17) is 15.6 Å². The largest absolute Gasteiger partial charge is 0.790 e. The van der Waals surface area contributed by atoms with Crippen molar-refractivity contribution in [3.63, 3.8) is 0 Å². The van der Waals surface area contributed by atoms with Crippen LogP contribution in [0.25, 0.3) is 0 Å². The normalized spacial score (nSPS) is 25.6. The highest BCUT2D eigenvalue weighted by Gasteiger charge is 2.37. The van der Waals surface area contributed by atoms with Crippen LogP contribution in [-0.4, -0.2) is 44.5 Å². The van der Waals surface area contributed by atoms with E-state index in [1.54, 1.807) is 0 Å². The van der Waals surface area contributed by atoms with Crippen molar-refractivity contribution in [3.8, 4) is 0 Å². The third kappa shape index (κ3) is 7.25.